The first-order valence-corrected chi connectivity index (χ1v) is 9.52. The second kappa shape index (κ2) is 8.86. The van der Waals surface area contributed by atoms with Crippen molar-refractivity contribution in [3.63, 3.8) is 0 Å². The number of carbonyl (C=O) groups excluding carboxylic acids is 2. The first kappa shape index (κ1) is 20.5. The van der Waals surface area contributed by atoms with Crippen LogP contribution in [0.15, 0.2) is 42.5 Å². The van der Waals surface area contributed by atoms with Gasteiger partial charge in [-0.05, 0) is 36.4 Å². The van der Waals surface area contributed by atoms with Crippen molar-refractivity contribution in [1.82, 2.24) is 9.80 Å². The molecule has 7 heteroatoms. The number of hydrogen-bond acceptors (Lipinski definition) is 5. The topological polar surface area (TPSA) is 62.3 Å². The van der Waals surface area contributed by atoms with Gasteiger partial charge in [0.2, 0.25) is 0 Å². The number of piperazine rings is 1. The van der Waals surface area contributed by atoms with Crippen LogP contribution in [0.1, 0.15) is 20.7 Å². The molecule has 1 aliphatic rings. The van der Waals surface area contributed by atoms with Gasteiger partial charge in [0.15, 0.2) is 0 Å². The van der Waals surface area contributed by atoms with Crippen LogP contribution in [0.25, 0.3) is 0 Å². The molecule has 0 aromatic heterocycles. The molecule has 1 aliphatic heterocycles. The number of amides is 2. The molecule has 29 heavy (non-hydrogen) atoms. The van der Waals surface area contributed by atoms with Crippen LogP contribution in [0.3, 0.4) is 0 Å². The quantitative estimate of drug-likeness (QED) is 0.775. The summed E-state index contributed by atoms with van der Waals surface area (Å²) in [5.41, 5.74) is 2.22. The third-order valence-electron chi connectivity index (χ3n) is 5.08. The lowest BCUT2D eigenvalue weighted by molar-refractivity contribution is 0.0535. The highest BCUT2D eigenvalue weighted by molar-refractivity contribution is 5.96. The van der Waals surface area contributed by atoms with Gasteiger partial charge in [0, 0.05) is 63.2 Å². The summed E-state index contributed by atoms with van der Waals surface area (Å²) < 4.78 is 10.5. The molecule has 3 rings (SSSR count). The van der Waals surface area contributed by atoms with Gasteiger partial charge in [0.1, 0.15) is 11.5 Å². The van der Waals surface area contributed by atoms with E-state index < -0.39 is 0 Å². The van der Waals surface area contributed by atoms with Gasteiger partial charge >= 0.3 is 0 Å². The minimum absolute atomic E-state index is 0.00884. The Labute approximate surface area is 171 Å². The Bertz CT molecular complexity index is 850. The maximum Gasteiger partial charge on any atom is 0.254 e. The van der Waals surface area contributed by atoms with Crippen molar-refractivity contribution in [2.24, 2.45) is 0 Å². The van der Waals surface area contributed by atoms with Gasteiger partial charge < -0.3 is 24.2 Å². The highest BCUT2D eigenvalue weighted by atomic mass is 16.5. The van der Waals surface area contributed by atoms with Crippen LogP contribution >= 0.6 is 0 Å². The lowest BCUT2D eigenvalue weighted by Crippen LogP contribution is -2.50. The van der Waals surface area contributed by atoms with E-state index in [0.29, 0.717) is 48.8 Å². The Hall–Kier alpha value is -3.22. The molecule has 0 bridgehead atoms. The molecule has 1 saturated heterocycles. The Morgan fingerprint density at radius 3 is 1.62 bits per heavy atom. The molecule has 1 fully saturated rings. The van der Waals surface area contributed by atoms with Gasteiger partial charge in [-0.25, -0.2) is 0 Å². The molecule has 0 radical (unpaired) electrons. The van der Waals surface area contributed by atoms with E-state index in [0.717, 1.165) is 5.69 Å². The molecule has 2 amide bonds. The molecule has 7 nitrogen and oxygen atoms in total. The Kier molecular flexibility index (Phi) is 6.26. The van der Waals surface area contributed by atoms with Gasteiger partial charge in [-0.3, -0.25) is 9.59 Å². The van der Waals surface area contributed by atoms with Crippen molar-refractivity contribution in [3.05, 3.63) is 53.6 Å². The summed E-state index contributed by atoms with van der Waals surface area (Å²) in [6, 6.07) is 12.7. The monoisotopic (exact) mass is 397 g/mol. The van der Waals surface area contributed by atoms with Gasteiger partial charge in [-0.1, -0.05) is 0 Å². The van der Waals surface area contributed by atoms with Crippen molar-refractivity contribution < 1.29 is 19.1 Å². The van der Waals surface area contributed by atoms with Crippen molar-refractivity contribution in [2.45, 2.75) is 0 Å². The van der Waals surface area contributed by atoms with Gasteiger partial charge in [0.05, 0.1) is 14.2 Å². The standard InChI is InChI=1S/C22H27N3O4/c1-23(2)18-7-5-16(6-8-18)21(26)24-9-11-25(12-10-24)22(27)17-13-19(28-3)15-20(14-17)29-4/h5-8,13-15H,9-12H2,1-4H3. The van der Waals surface area contributed by atoms with E-state index in [-0.39, 0.29) is 11.8 Å². The number of anilines is 1. The summed E-state index contributed by atoms with van der Waals surface area (Å²) in [5, 5.41) is 0. The molecule has 0 aliphatic carbocycles. The van der Waals surface area contributed by atoms with Gasteiger partial charge in [-0.15, -0.1) is 0 Å². The molecule has 2 aromatic rings. The molecule has 0 saturated carbocycles. The van der Waals surface area contributed by atoms with E-state index in [9.17, 15) is 9.59 Å². The Morgan fingerprint density at radius 2 is 1.21 bits per heavy atom. The first-order chi connectivity index (χ1) is 13.9. The summed E-state index contributed by atoms with van der Waals surface area (Å²) in [6.45, 7) is 1.97. The van der Waals surface area contributed by atoms with Crippen molar-refractivity contribution in [3.8, 4) is 11.5 Å². The predicted molar refractivity (Wildman–Crippen MR) is 112 cm³/mol. The van der Waals surface area contributed by atoms with Gasteiger partial charge in [0.25, 0.3) is 11.8 Å². The molecular weight excluding hydrogens is 370 g/mol. The smallest absolute Gasteiger partial charge is 0.254 e. The number of rotatable bonds is 5. The summed E-state index contributed by atoms with van der Waals surface area (Å²) in [4.78, 5) is 31.2. The number of carbonyl (C=O) groups is 2. The van der Waals surface area contributed by atoms with E-state index in [1.54, 1.807) is 42.2 Å². The number of nitrogens with zero attached hydrogens (tertiary/aromatic N) is 3. The normalized spacial score (nSPS) is 13.8. The fraction of sp³-hybridized carbons (Fsp3) is 0.364. The number of benzene rings is 2. The van der Waals surface area contributed by atoms with Crippen LogP contribution in [-0.4, -0.2) is 76.1 Å². The van der Waals surface area contributed by atoms with E-state index in [1.807, 2.05) is 43.3 Å². The van der Waals surface area contributed by atoms with Crippen LogP contribution < -0.4 is 14.4 Å². The largest absolute Gasteiger partial charge is 0.497 e. The fourth-order valence-corrected chi connectivity index (χ4v) is 3.31. The van der Waals surface area contributed by atoms with E-state index in [1.165, 1.54) is 0 Å². The van der Waals surface area contributed by atoms with Crippen LogP contribution in [0.2, 0.25) is 0 Å². The number of methoxy groups -OCH3 is 2. The lowest BCUT2D eigenvalue weighted by Gasteiger charge is -2.35. The molecule has 154 valence electrons. The lowest BCUT2D eigenvalue weighted by atomic mass is 10.1. The SMILES string of the molecule is COc1cc(OC)cc(C(=O)N2CCN(C(=O)c3ccc(N(C)C)cc3)CC2)c1. The third kappa shape index (κ3) is 4.62. The van der Waals surface area contributed by atoms with E-state index >= 15 is 0 Å². The average molecular weight is 397 g/mol. The summed E-state index contributed by atoms with van der Waals surface area (Å²) in [5.74, 6) is 1.04. The van der Waals surface area contributed by atoms with Crippen molar-refractivity contribution >= 4 is 17.5 Å². The van der Waals surface area contributed by atoms with Crippen LogP contribution in [0, 0.1) is 0 Å². The van der Waals surface area contributed by atoms with E-state index in [2.05, 4.69) is 0 Å². The fourth-order valence-electron chi connectivity index (χ4n) is 3.31. The zero-order valence-corrected chi connectivity index (χ0v) is 17.3. The number of ether oxygens (including phenoxy) is 2. The highest BCUT2D eigenvalue weighted by Crippen LogP contribution is 2.24. The molecule has 0 atom stereocenters. The molecule has 1 heterocycles. The summed E-state index contributed by atoms with van der Waals surface area (Å²) in [7, 11) is 7.03. The van der Waals surface area contributed by atoms with Crippen molar-refractivity contribution in [1.29, 1.82) is 0 Å². The second-order valence-electron chi connectivity index (χ2n) is 7.13. The zero-order chi connectivity index (χ0) is 21.0. The summed E-state index contributed by atoms with van der Waals surface area (Å²) >= 11 is 0. The minimum Gasteiger partial charge on any atom is -0.497 e. The van der Waals surface area contributed by atoms with Crippen LogP contribution in [-0.2, 0) is 0 Å². The maximum atomic E-state index is 12.9. The minimum atomic E-state index is -0.0929. The molecule has 2 aromatic carbocycles. The molecule has 0 spiro atoms. The third-order valence-corrected chi connectivity index (χ3v) is 5.08. The zero-order valence-electron chi connectivity index (χ0n) is 17.3. The molecular formula is C22H27N3O4. The number of hydrogen-bond donors (Lipinski definition) is 0. The van der Waals surface area contributed by atoms with Crippen LogP contribution in [0.4, 0.5) is 5.69 Å². The van der Waals surface area contributed by atoms with Gasteiger partial charge in [-0.2, -0.15) is 0 Å². The highest BCUT2D eigenvalue weighted by Gasteiger charge is 2.26. The summed E-state index contributed by atoms with van der Waals surface area (Å²) in [6.07, 6.45) is 0. The molecule has 0 N–H and O–H groups in total. The Morgan fingerprint density at radius 1 is 0.759 bits per heavy atom. The van der Waals surface area contributed by atoms with Crippen LogP contribution in [0.5, 0.6) is 11.5 Å². The average Bonchev–Trinajstić information content (AvgIpc) is 2.77. The van der Waals surface area contributed by atoms with Crippen molar-refractivity contribution in [2.75, 3.05) is 59.4 Å². The maximum absolute atomic E-state index is 12.9. The second-order valence-corrected chi connectivity index (χ2v) is 7.13. The predicted octanol–water partition coefficient (Wildman–Crippen LogP) is 2.37. The van der Waals surface area contributed by atoms with E-state index in [4.69, 9.17) is 9.47 Å². The first-order valence-electron chi connectivity index (χ1n) is 9.52. The molecule has 0 unspecified atom stereocenters. The Balaban J connectivity index is 1.64.